The summed E-state index contributed by atoms with van der Waals surface area (Å²) < 4.78 is 27.3. The third kappa shape index (κ3) is 2.70. The summed E-state index contributed by atoms with van der Waals surface area (Å²) in [7, 11) is 0. The van der Waals surface area contributed by atoms with E-state index in [4.69, 9.17) is 5.26 Å². The van der Waals surface area contributed by atoms with Crippen LogP contribution in [0.3, 0.4) is 0 Å². The molecule has 0 aliphatic rings. The van der Waals surface area contributed by atoms with Gasteiger partial charge in [-0.2, -0.15) is 5.26 Å². The molecule has 0 spiro atoms. The van der Waals surface area contributed by atoms with Crippen LogP contribution in [0, 0.1) is 28.4 Å². The monoisotopic (exact) mass is 301 g/mol. The highest BCUT2D eigenvalue weighted by molar-refractivity contribution is 9.10. The summed E-state index contributed by atoms with van der Waals surface area (Å²) in [5.41, 5.74) is -1.67. The number of carbonyl (C=O) groups excluding carboxylic acids is 1. The predicted octanol–water partition coefficient (Wildman–Crippen LogP) is 3.39. The molecule has 0 aliphatic carbocycles. The zero-order valence-electron chi connectivity index (χ0n) is 9.35. The minimum atomic E-state index is -1.41. The van der Waals surface area contributed by atoms with E-state index in [0.717, 1.165) is 6.07 Å². The minimum absolute atomic E-state index is 0.109. The summed E-state index contributed by atoms with van der Waals surface area (Å²) in [5, 5.41) is 8.94. The number of carbonyl (C=O) groups is 1. The molecule has 0 aliphatic heterocycles. The molecule has 1 rings (SSSR count). The number of nitriles is 1. The van der Waals surface area contributed by atoms with Crippen molar-refractivity contribution in [1.82, 2.24) is 0 Å². The fraction of sp³-hybridized carbons (Fsp3) is 0.333. The number of halogens is 3. The van der Waals surface area contributed by atoms with Crippen molar-refractivity contribution < 1.29 is 13.6 Å². The maximum absolute atomic E-state index is 13.7. The van der Waals surface area contributed by atoms with E-state index in [1.165, 1.54) is 19.9 Å². The lowest BCUT2D eigenvalue weighted by atomic mass is 9.81. The van der Waals surface area contributed by atoms with Crippen LogP contribution in [0.15, 0.2) is 16.6 Å². The van der Waals surface area contributed by atoms with Gasteiger partial charge in [0.2, 0.25) is 0 Å². The number of nitrogens with zero attached hydrogens (tertiary/aromatic N) is 1. The summed E-state index contributed by atoms with van der Waals surface area (Å²) in [6.07, 6.45) is -0.282. The molecule has 17 heavy (non-hydrogen) atoms. The second kappa shape index (κ2) is 4.92. The van der Waals surface area contributed by atoms with Crippen LogP contribution in [0.2, 0.25) is 0 Å². The van der Waals surface area contributed by atoms with Crippen LogP contribution in [0.4, 0.5) is 8.78 Å². The van der Waals surface area contributed by atoms with Crippen molar-refractivity contribution in [2.75, 3.05) is 0 Å². The lowest BCUT2D eigenvalue weighted by Gasteiger charge is -2.18. The van der Waals surface area contributed by atoms with Crippen LogP contribution < -0.4 is 0 Å². The van der Waals surface area contributed by atoms with Crippen molar-refractivity contribution in [3.63, 3.8) is 0 Å². The van der Waals surface area contributed by atoms with Crippen LogP contribution >= 0.6 is 15.9 Å². The van der Waals surface area contributed by atoms with Crippen LogP contribution in [0.5, 0.6) is 0 Å². The van der Waals surface area contributed by atoms with Gasteiger partial charge in [-0.25, -0.2) is 8.78 Å². The Morgan fingerprint density at radius 1 is 1.53 bits per heavy atom. The first-order chi connectivity index (χ1) is 7.81. The summed E-state index contributed by atoms with van der Waals surface area (Å²) in [6, 6.07) is 4.14. The van der Waals surface area contributed by atoms with Gasteiger partial charge in [0.25, 0.3) is 0 Å². The van der Waals surface area contributed by atoms with E-state index in [0.29, 0.717) is 0 Å². The van der Waals surface area contributed by atoms with Gasteiger partial charge in [0, 0.05) is 12.0 Å². The summed E-state index contributed by atoms with van der Waals surface area (Å²) in [6.45, 7) is 2.60. The highest BCUT2D eigenvalue weighted by Crippen LogP contribution is 2.29. The minimum Gasteiger partial charge on any atom is -0.298 e. The van der Waals surface area contributed by atoms with Gasteiger partial charge in [-0.1, -0.05) is 0 Å². The Kier molecular flexibility index (Phi) is 3.99. The predicted molar refractivity (Wildman–Crippen MR) is 62.2 cm³/mol. The summed E-state index contributed by atoms with van der Waals surface area (Å²) >= 11 is 2.94. The molecule has 0 heterocycles. The van der Waals surface area contributed by atoms with E-state index in [-0.39, 0.29) is 16.5 Å². The fourth-order valence-corrected chi connectivity index (χ4v) is 1.70. The van der Waals surface area contributed by atoms with Gasteiger partial charge >= 0.3 is 0 Å². The number of ketones is 1. The first kappa shape index (κ1) is 13.8. The van der Waals surface area contributed by atoms with Gasteiger partial charge in [0.05, 0.1) is 10.5 Å². The fourth-order valence-electron chi connectivity index (χ4n) is 1.33. The van der Waals surface area contributed by atoms with Crippen LogP contribution in [-0.2, 0) is 11.2 Å². The summed E-state index contributed by atoms with van der Waals surface area (Å²) in [4.78, 5) is 11.3. The van der Waals surface area contributed by atoms with Crippen molar-refractivity contribution in [2.45, 2.75) is 20.3 Å². The van der Waals surface area contributed by atoms with Gasteiger partial charge in [0.15, 0.2) is 0 Å². The second-order valence-corrected chi connectivity index (χ2v) is 4.85. The molecule has 0 saturated carbocycles. The Morgan fingerprint density at radius 2 is 2.12 bits per heavy atom. The third-order valence-electron chi connectivity index (χ3n) is 2.69. The largest absolute Gasteiger partial charge is 0.298 e. The first-order valence-electron chi connectivity index (χ1n) is 4.86. The smallest absolute Gasteiger partial charge is 0.150 e. The molecule has 0 N–H and O–H groups in total. The molecule has 90 valence electrons. The van der Waals surface area contributed by atoms with Crippen molar-refractivity contribution in [2.24, 2.45) is 5.41 Å². The van der Waals surface area contributed by atoms with Crippen LogP contribution in [-0.4, -0.2) is 5.78 Å². The molecule has 5 heteroatoms. The second-order valence-electron chi connectivity index (χ2n) is 4.00. The van der Waals surface area contributed by atoms with Gasteiger partial charge in [-0.15, -0.1) is 0 Å². The number of Topliss-reactive ketones (excluding diaryl/α,β-unsaturated/α-hetero) is 1. The standard InChI is InChI=1S/C12H10BrF2NO/c1-7(17)12(2,6-16)5-8-10(14)4-3-9(13)11(8)15/h3-4H,5H2,1-2H3. The average Bonchev–Trinajstić information content (AvgIpc) is 2.29. The van der Waals surface area contributed by atoms with E-state index < -0.39 is 22.8 Å². The van der Waals surface area contributed by atoms with Crippen molar-refractivity contribution in [3.05, 3.63) is 33.8 Å². The molecule has 1 atom stereocenters. The highest BCUT2D eigenvalue weighted by atomic mass is 79.9. The number of hydrogen-bond donors (Lipinski definition) is 0. The first-order valence-corrected chi connectivity index (χ1v) is 5.66. The SMILES string of the molecule is CC(=O)C(C)(C#N)Cc1c(F)ccc(Br)c1F. The normalized spacial score (nSPS) is 13.9. The lowest BCUT2D eigenvalue weighted by Crippen LogP contribution is -2.27. The Morgan fingerprint density at radius 3 is 2.59 bits per heavy atom. The van der Waals surface area contributed by atoms with Crippen LogP contribution in [0.1, 0.15) is 19.4 Å². The molecular formula is C12H10BrF2NO. The van der Waals surface area contributed by atoms with E-state index in [1.807, 2.05) is 0 Å². The molecule has 1 aromatic carbocycles. The quantitative estimate of drug-likeness (QED) is 0.803. The Hall–Kier alpha value is -1.28. The van der Waals surface area contributed by atoms with Crippen molar-refractivity contribution in [3.8, 4) is 6.07 Å². The number of benzene rings is 1. The van der Waals surface area contributed by atoms with Crippen molar-refractivity contribution in [1.29, 1.82) is 5.26 Å². The molecule has 0 saturated heterocycles. The average molecular weight is 302 g/mol. The van der Waals surface area contributed by atoms with Crippen molar-refractivity contribution >= 4 is 21.7 Å². The molecular weight excluding hydrogens is 292 g/mol. The summed E-state index contributed by atoms with van der Waals surface area (Å²) in [5.74, 6) is -1.94. The van der Waals surface area contributed by atoms with Gasteiger partial charge < -0.3 is 0 Å². The zero-order valence-corrected chi connectivity index (χ0v) is 10.9. The molecule has 0 amide bonds. The Labute approximate surface area is 106 Å². The topological polar surface area (TPSA) is 40.9 Å². The van der Waals surface area contributed by atoms with Gasteiger partial charge in [-0.3, -0.25) is 4.79 Å². The lowest BCUT2D eigenvalue weighted by molar-refractivity contribution is -0.123. The van der Waals surface area contributed by atoms with E-state index in [2.05, 4.69) is 15.9 Å². The Balaban J connectivity index is 3.25. The number of rotatable bonds is 3. The molecule has 1 aromatic rings. The van der Waals surface area contributed by atoms with E-state index >= 15 is 0 Å². The number of hydrogen-bond acceptors (Lipinski definition) is 2. The molecule has 0 fully saturated rings. The highest BCUT2D eigenvalue weighted by Gasteiger charge is 2.32. The molecule has 0 radical (unpaired) electrons. The third-order valence-corrected chi connectivity index (χ3v) is 3.31. The van der Waals surface area contributed by atoms with Gasteiger partial charge in [0.1, 0.15) is 22.8 Å². The van der Waals surface area contributed by atoms with Crippen LogP contribution in [0.25, 0.3) is 0 Å². The molecule has 0 aromatic heterocycles. The maximum atomic E-state index is 13.7. The Bertz CT molecular complexity index is 510. The molecule has 2 nitrogen and oxygen atoms in total. The van der Waals surface area contributed by atoms with E-state index in [1.54, 1.807) is 6.07 Å². The van der Waals surface area contributed by atoms with Gasteiger partial charge in [-0.05, 0) is 41.9 Å². The molecule has 1 unspecified atom stereocenters. The van der Waals surface area contributed by atoms with E-state index in [9.17, 15) is 13.6 Å². The molecule has 0 bridgehead atoms. The maximum Gasteiger partial charge on any atom is 0.150 e. The zero-order chi connectivity index (χ0) is 13.2.